The van der Waals surface area contributed by atoms with E-state index in [1.165, 1.54) is 11.1 Å². The standard InChI is InChI=1S/C26H35NO2/c1-5-19(27(3)4)8-6-7-18-16-26(2)23(13-14-24(26)29)22-11-9-17-15-20(28)10-12-21(17)25(18)22/h5-8,15,18,22-24,29H,1,9-14,16H2,2-4H3/b7-6+,19-8+/t18-,22?,23?,24-,26?/m0/s1. The molecule has 29 heavy (non-hydrogen) atoms. The van der Waals surface area contributed by atoms with Gasteiger partial charge in [0.2, 0.25) is 0 Å². The predicted molar refractivity (Wildman–Crippen MR) is 118 cm³/mol. The molecule has 3 heteroatoms. The van der Waals surface area contributed by atoms with E-state index in [9.17, 15) is 9.90 Å². The molecule has 3 unspecified atom stereocenters. The van der Waals surface area contributed by atoms with E-state index in [4.69, 9.17) is 0 Å². The highest BCUT2D eigenvalue weighted by atomic mass is 16.3. The molecule has 2 saturated carbocycles. The Kier molecular flexibility index (Phi) is 5.46. The largest absolute Gasteiger partial charge is 0.393 e. The highest BCUT2D eigenvalue weighted by molar-refractivity contribution is 5.93. The van der Waals surface area contributed by atoms with Gasteiger partial charge in [-0.2, -0.15) is 0 Å². The molecule has 0 heterocycles. The zero-order chi connectivity index (χ0) is 20.8. The molecular weight excluding hydrogens is 358 g/mol. The zero-order valence-electron chi connectivity index (χ0n) is 18.2. The lowest BCUT2D eigenvalue weighted by atomic mass is 9.54. The van der Waals surface area contributed by atoms with Crippen LogP contribution in [0.5, 0.6) is 0 Å². The summed E-state index contributed by atoms with van der Waals surface area (Å²) in [4.78, 5) is 14.1. The molecule has 0 amide bonds. The lowest BCUT2D eigenvalue weighted by Gasteiger charge is -2.51. The van der Waals surface area contributed by atoms with Gasteiger partial charge in [0.15, 0.2) is 5.78 Å². The van der Waals surface area contributed by atoms with Crippen LogP contribution >= 0.6 is 0 Å². The smallest absolute Gasteiger partial charge is 0.156 e. The minimum Gasteiger partial charge on any atom is -0.393 e. The molecule has 4 aliphatic carbocycles. The van der Waals surface area contributed by atoms with Crippen molar-refractivity contribution in [1.82, 2.24) is 4.90 Å². The summed E-state index contributed by atoms with van der Waals surface area (Å²) in [6.07, 6.45) is 17.0. The maximum Gasteiger partial charge on any atom is 0.156 e. The summed E-state index contributed by atoms with van der Waals surface area (Å²) >= 11 is 0. The molecule has 156 valence electrons. The fraction of sp³-hybridized carbons (Fsp3) is 0.577. The second-order valence-electron chi connectivity index (χ2n) is 9.81. The Hall–Kier alpha value is -1.87. The maximum absolute atomic E-state index is 12.0. The molecule has 0 saturated heterocycles. The number of carbonyl (C=O) groups excluding carboxylic acids is 1. The molecule has 4 rings (SSSR count). The van der Waals surface area contributed by atoms with Crippen LogP contribution in [-0.2, 0) is 4.79 Å². The number of fused-ring (bicyclic) bond motifs is 4. The van der Waals surface area contributed by atoms with Crippen molar-refractivity contribution < 1.29 is 9.90 Å². The number of hydrogen-bond acceptors (Lipinski definition) is 3. The number of rotatable bonds is 4. The molecule has 2 fully saturated rings. The molecule has 0 aromatic rings. The molecule has 0 radical (unpaired) electrons. The number of nitrogens with zero attached hydrogens (tertiary/aromatic N) is 1. The van der Waals surface area contributed by atoms with Crippen LogP contribution in [0.15, 0.2) is 59.4 Å². The van der Waals surface area contributed by atoms with E-state index in [1.54, 1.807) is 5.57 Å². The molecule has 4 aliphatic rings. The first-order chi connectivity index (χ1) is 13.8. The summed E-state index contributed by atoms with van der Waals surface area (Å²) in [5.41, 5.74) is 5.44. The summed E-state index contributed by atoms with van der Waals surface area (Å²) in [7, 11) is 4.06. The minimum absolute atomic E-state index is 0.00195. The zero-order valence-corrected chi connectivity index (χ0v) is 18.2. The molecule has 0 aliphatic heterocycles. The molecule has 3 nitrogen and oxygen atoms in total. The van der Waals surface area contributed by atoms with Crippen molar-refractivity contribution in [3.8, 4) is 0 Å². The van der Waals surface area contributed by atoms with Gasteiger partial charge in [0.05, 0.1) is 6.10 Å². The fourth-order valence-electron chi connectivity index (χ4n) is 6.56. The Morgan fingerprint density at radius 3 is 2.76 bits per heavy atom. The van der Waals surface area contributed by atoms with Crippen LogP contribution in [0.4, 0.5) is 0 Å². The van der Waals surface area contributed by atoms with Crippen LogP contribution in [0.3, 0.4) is 0 Å². The third kappa shape index (κ3) is 3.48. The Labute approximate surface area is 175 Å². The Morgan fingerprint density at radius 1 is 1.24 bits per heavy atom. The van der Waals surface area contributed by atoms with Crippen molar-refractivity contribution in [2.75, 3.05) is 14.1 Å². The van der Waals surface area contributed by atoms with Crippen molar-refractivity contribution in [2.24, 2.45) is 23.2 Å². The van der Waals surface area contributed by atoms with Gasteiger partial charge in [-0.3, -0.25) is 4.79 Å². The van der Waals surface area contributed by atoms with Gasteiger partial charge in [0.25, 0.3) is 0 Å². The number of ketones is 1. The lowest BCUT2D eigenvalue weighted by Crippen LogP contribution is -2.45. The average molecular weight is 394 g/mol. The quantitative estimate of drug-likeness (QED) is 0.686. The summed E-state index contributed by atoms with van der Waals surface area (Å²) < 4.78 is 0. The van der Waals surface area contributed by atoms with E-state index in [2.05, 4.69) is 36.6 Å². The number of allylic oxidation sites excluding steroid dienone is 8. The second kappa shape index (κ2) is 7.75. The van der Waals surface area contributed by atoms with E-state index in [-0.39, 0.29) is 17.3 Å². The van der Waals surface area contributed by atoms with Crippen molar-refractivity contribution in [2.45, 2.75) is 58.0 Å². The fourth-order valence-corrected chi connectivity index (χ4v) is 6.56. The monoisotopic (exact) mass is 393 g/mol. The number of hydrogen-bond donors (Lipinski definition) is 1. The summed E-state index contributed by atoms with van der Waals surface area (Å²) in [5, 5.41) is 10.9. The van der Waals surface area contributed by atoms with Gasteiger partial charge in [0, 0.05) is 26.2 Å². The molecular formula is C26H35NO2. The molecule has 0 spiro atoms. The molecule has 0 aromatic carbocycles. The van der Waals surface area contributed by atoms with Crippen LogP contribution in [0.2, 0.25) is 0 Å². The average Bonchev–Trinajstić information content (AvgIpc) is 2.98. The first-order valence-electron chi connectivity index (χ1n) is 11.2. The highest BCUT2D eigenvalue weighted by Crippen LogP contribution is 2.61. The maximum atomic E-state index is 12.0. The summed E-state index contributed by atoms with van der Waals surface area (Å²) in [6.45, 7) is 6.23. The van der Waals surface area contributed by atoms with Crippen LogP contribution in [0, 0.1) is 23.2 Å². The van der Waals surface area contributed by atoms with E-state index < -0.39 is 0 Å². The lowest BCUT2D eigenvalue weighted by molar-refractivity contribution is -0.114. The molecule has 0 bridgehead atoms. The normalized spacial score (nSPS) is 37.2. The number of aliphatic hydroxyl groups excluding tert-OH is 1. The predicted octanol–water partition coefficient (Wildman–Crippen LogP) is 4.97. The van der Waals surface area contributed by atoms with E-state index in [0.29, 0.717) is 24.2 Å². The summed E-state index contributed by atoms with van der Waals surface area (Å²) in [6, 6.07) is 0. The molecule has 0 aromatic heterocycles. The van der Waals surface area contributed by atoms with Gasteiger partial charge in [-0.15, -0.1) is 0 Å². The van der Waals surface area contributed by atoms with Crippen LogP contribution in [0.1, 0.15) is 51.9 Å². The van der Waals surface area contributed by atoms with Gasteiger partial charge in [-0.1, -0.05) is 31.2 Å². The van der Waals surface area contributed by atoms with Crippen molar-refractivity contribution in [1.29, 1.82) is 0 Å². The number of aliphatic hydroxyl groups is 1. The second-order valence-corrected chi connectivity index (χ2v) is 9.81. The first-order valence-corrected chi connectivity index (χ1v) is 11.2. The third-order valence-electron chi connectivity index (χ3n) is 8.06. The Morgan fingerprint density at radius 2 is 2.03 bits per heavy atom. The van der Waals surface area contributed by atoms with Crippen LogP contribution in [0.25, 0.3) is 0 Å². The van der Waals surface area contributed by atoms with Crippen molar-refractivity contribution in [3.05, 3.63) is 59.4 Å². The van der Waals surface area contributed by atoms with Crippen molar-refractivity contribution in [3.63, 3.8) is 0 Å². The van der Waals surface area contributed by atoms with Gasteiger partial charge < -0.3 is 10.0 Å². The van der Waals surface area contributed by atoms with Gasteiger partial charge in [0.1, 0.15) is 0 Å². The van der Waals surface area contributed by atoms with E-state index in [1.807, 2.05) is 26.2 Å². The highest BCUT2D eigenvalue weighted by Gasteiger charge is 2.55. The first kappa shape index (κ1) is 20.4. The summed E-state index contributed by atoms with van der Waals surface area (Å²) in [5.74, 6) is 1.75. The molecule has 1 N–H and O–H groups in total. The van der Waals surface area contributed by atoms with E-state index in [0.717, 1.165) is 44.2 Å². The number of carbonyl (C=O) groups is 1. The van der Waals surface area contributed by atoms with Crippen LogP contribution < -0.4 is 0 Å². The molecule has 5 atom stereocenters. The Bertz CT molecular complexity index is 828. The SMILES string of the molecule is C=C/C(=C\C=C\[C@H]1CC2(C)C(CC[C@@H]2O)C2CCC3=CC(=O)CCC3=C21)N(C)C. The number of likely N-dealkylation sites (N-methyl/N-ethyl adjacent to an activating group) is 1. The van der Waals surface area contributed by atoms with Crippen molar-refractivity contribution >= 4 is 5.78 Å². The topological polar surface area (TPSA) is 40.5 Å². The minimum atomic E-state index is -0.194. The van der Waals surface area contributed by atoms with E-state index >= 15 is 0 Å². The Balaban J connectivity index is 1.76. The van der Waals surface area contributed by atoms with Gasteiger partial charge in [-0.05, 0) is 91.1 Å². The van der Waals surface area contributed by atoms with Gasteiger partial charge >= 0.3 is 0 Å². The third-order valence-corrected chi connectivity index (χ3v) is 8.06. The van der Waals surface area contributed by atoms with Crippen LogP contribution in [-0.4, -0.2) is 36.0 Å². The van der Waals surface area contributed by atoms with Gasteiger partial charge in [-0.25, -0.2) is 0 Å².